The number of aliphatic imine (C=N–C) groups is 1. The van der Waals surface area contributed by atoms with Gasteiger partial charge in [0.2, 0.25) is 0 Å². The van der Waals surface area contributed by atoms with Crippen LogP contribution in [0, 0.1) is 6.92 Å². The van der Waals surface area contributed by atoms with Crippen LogP contribution in [-0.2, 0) is 13.1 Å². The number of hydrogen-bond donors (Lipinski definition) is 2. The molecule has 1 aromatic carbocycles. The quantitative estimate of drug-likeness (QED) is 0.463. The summed E-state index contributed by atoms with van der Waals surface area (Å²) in [5.74, 6) is 2.79. The van der Waals surface area contributed by atoms with E-state index in [1.165, 1.54) is 11.1 Å². The number of aromatic nitrogens is 1. The maximum Gasteiger partial charge on any atom is 0.191 e. The van der Waals surface area contributed by atoms with Crippen molar-refractivity contribution in [2.75, 3.05) is 51.3 Å². The van der Waals surface area contributed by atoms with E-state index < -0.39 is 0 Å². The summed E-state index contributed by atoms with van der Waals surface area (Å²) in [5.41, 5.74) is 3.48. The van der Waals surface area contributed by atoms with Crippen molar-refractivity contribution in [3.05, 3.63) is 53.2 Å². The average Bonchev–Trinajstić information content (AvgIpc) is 2.81. The number of ether oxygens (including phenoxy) is 1. The van der Waals surface area contributed by atoms with Crippen LogP contribution < -0.4 is 20.3 Å². The van der Waals surface area contributed by atoms with Crippen LogP contribution in [0.1, 0.15) is 37.0 Å². The van der Waals surface area contributed by atoms with E-state index in [1.807, 2.05) is 12.3 Å². The summed E-state index contributed by atoms with van der Waals surface area (Å²) in [6.07, 6.45) is 2.87. The summed E-state index contributed by atoms with van der Waals surface area (Å²) in [5, 5.41) is 6.85. The molecule has 174 valence electrons. The third-order valence-corrected chi connectivity index (χ3v) is 5.55. The number of pyridine rings is 1. The van der Waals surface area contributed by atoms with Gasteiger partial charge in [0.05, 0.1) is 13.2 Å². The number of nitrogens with one attached hydrogen (secondary N) is 2. The van der Waals surface area contributed by atoms with Gasteiger partial charge in [-0.15, -0.1) is 0 Å². The number of rotatable bonds is 9. The molecule has 2 N–H and O–H groups in total. The van der Waals surface area contributed by atoms with Crippen molar-refractivity contribution in [3.8, 4) is 5.75 Å². The molecule has 1 aliphatic rings. The molecule has 0 bridgehead atoms. The molecule has 7 heteroatoms. The van der Waals surface area contributed by atoms with E-state index in [0.717, 1.165) is 62.2 Å². The van der Waals surface area contributed by atoms with Gasteiger partial charge in [-0.3, -0.25) is 0 Å². The fraction of sp³-hybridized carbons (Fsp3) is 0.520. The fourth-order valence-corrected chi connectivity index (χ4v) is 3.69. The van der Waals surface area contributed by atoms with E-state index in [9.17, 15) is 0 Å². The maximum atomic E-state index is 5.95. The van der Waals surface area contributed by atoms with Gasteiger partial charge in [0, 0.05) is 56.6 Å². The van der Waals surface area contributed by atoms with Crippen molar-refractivity contribution in [1.29, 1.82) is 0 Å². The first kappa shape index (κ1) is 23.9. The molecule has 1 aromatic heterocycles. The second kappa shape index (κ2) is 12.3. The zero-order valence-electron chi connectivity index (χ0n) is 20.0. The Balaban J connectivity index is 1.68. The van der Waals surface area contributed by atoms with Gasteiger partial charge >= 0.3 is 0 Å². The van der Waals surface area contributed by atoms with Gasteiger partial charge < -0.3 is 25.2 Å². The van der Waals surface area contributed by atoms with Gasteiger partial charge in [0.25, 0.3) is 0 Å². The van der Waals surface area contributed by atoms with Crippen LogP contribution in [0.25, 0.3) is 0 Å². The summed E-state index contributed by atoms with van der Waals surface area (Å²) in [7, 11) is 2.17. The van der Waals surface area contributed by atoms with Crippen molar-refractivity contribution < 1.29 is 4.74 Å². The Morgan fingerprint density at radius 2 is 1.91 bits per heavy atom. The molecule has 0 spiro atoms. The minimum atomic E-state index is 0.563. The van der Waals surface area contributed by atoms with Crippen molar-refractivity contribution in [2.24, 2.45) is 4.99 Å². The molecule has 0 amide bonds. The largest absolute Gasteiger partial charge is 0.493 e. The van der Waals surface area contributed by atoms with Crippen molar-refractivity contribution >= 4 is 11.8 Å². The number of guanidine groups is 1. The van der Waals surface area contributed by atoms with Crippen molar-refractivity contribution in [2.45, 2.75) is 40.3 Å². The monoisotopic (exact) mass is 438 g/mol. The van der Waals surface area contributed by atoms with Gasteiger partial charge in [0.15, 0.2) is 5.96 Å². The molecule has 0 aliphatic carbocycles. The molecular weight excluding hydrogens is 400 g/mol. The van der Waals surface area contributed by atoms with E-state index in [0.29, 0.717) is 19.7 Å². The Kier molecular flexibility index (Phi) is 9.16. The highest BCUT2D eigenvalue weighted by atomic mass is 16.5. The predicted octanol–water partition coefficient (Wildman–Crippen LogP) is 3.19. The molecule has 0 saturated carbocycles. The third kappa shape index (κ3) is 6.85. The molecule has 1 fully saturated rings. The Morgan fingerprint density at radius 1 is 1.09 bits per heavy atom. The van der Waals surface area contributed by atoms with E-state index >= 15 is 0 Å². The summed E-state index contributed by atoms with van der Waals surface area (Å²) >= 11 is 0. The summed E-state index contributed by atoms with van der Waals surface area (Å²) in [6.45, 7) is 13.2. The number of piperazine rings is 1. The Bertz CT molecular complexity index is 876. The van der Waals surface area contributed by atoms with Gasteiger partial charge in [-0.05, 0) is 45.0 Å². The molecule has 3 rings (SSSR count). The fourth-order valence-electron chi connectivity index (χ4n) is 3.69. The predicted molar refractivity (Wildman–Crippen MR) is 133 cm³/mol. The van der Waals surface area contributed by atoms with Crippen LogP contribution in [0.2, 0.25) is 0 Å². The summed E-state index contributed by atoms with van der Waals surface area (Å²) in [6, 6.07) is 10.5. The second-order valence-electron chi connectivity index (χ2n) is 8.28. The van der Waals surface area contributed by atoms with Crippen molar-refractivity contribution in [1.82, 2.24) is 20.5 Å². The van der Waals surface area contributed by atoms with E-state index in [1.54, 1.807) is 0 Å². The number of nitrogens with zero attached hydrogens (tertiary/aromatic N) is 4. The Labute approximate surface area is 192 Å². The molecule has 1 saturated heterocycles. The number of hydrogen-bond acceptors (Lipinski definition) is 5. The minimum absolute atomic E-state index is 0.563. The molecular formula is C25H38N6O. The lowest BCUT2D eigenvalue weighted by Crippen LogP contribution is -2.45. The molecule has 7 nitrogen and oxygen atoms in total. The lowest BCUT2D eigenvalue weighted by molar-refractivity contribution is 0.312. The number of aryl methyl sites for hydroxylation is 1. The number of anilines is 1. The van der Waals surface area contributed by atoms with Crippen LogP contribution >= 0.6 is 0 Å². The lowest BCUT2D eigenvalue weighted by atomic mass is 10.1. The average molecular weight is 439 g/mol. The highest BCUT2D eigenvalue weighted by molar-refractivity contribution is 5.80. The second-order valence-corrected chi connectivity index (χ2v) is 8.28. The normalized spacial score (nSPS) is 15.0. The first-order valence-electron chi connectivity index (χ1n) is 11.7. The zero-order chi connectivity index (χ0) is 22.8. The molecule has 2 heterocycles. The van der Waals surface area contributed by atoms with Crippen LogP contribution in [-0.4, -0.2) is 62.2 Å². The number of likely N-dealkylation sites (N-methyl/N-ethyl adjacent to an activating group) is 1. The lowest BCUT2D eigenvalue weighted by Gasteiger charge is -2.34. The summed E-state index contributed by atoms with van der Waals surface area (Å²) < 4.78 is 5.95. The highest BCUT2D eigenvalue weighted by Gasteiger charge is 2.18. The van der Waals surface area contributed by atoms with Crippen LogP contribution in [0.15, 0.2) is 41.5 Å². The molecule has 0 atom stereocenters. The van der Waals surface area contributed by atoms with E-state index in [4.69, 9.17) is 9.73 Å². The van der Waals surface area contributed by atoms with Gasteiger partial charge in [-0.1, -0.05) is 25.1 Å². The minimum Gasteiger partial charge on any atom is -0.493 e. The maximum absolute atomic E-state index is 5.95. The summed E-state index contributed by atoms with van der Waals surface area (Å²) in [4.78, 5) is 14.2. The molecule has 1 aliphatic heterocycles. The SMILES string of the molecule is CCCOc1cc(C)ccc1CN=C(NCC)NCc1cccnc1N1CCN(C)CC1. The van der Waals surface area contributed by atoms with Crippen LogP contribution in [0.3, 0.4) is 0 Å². The molecule has 0 unspecified atom stereocenters. The molecule has 32 heavy (non-hydrogen) atoms. The third-order valence-electron chi connectivity index (χ3n) is 5.55. The zero-order valence-corrected chi connectivity index (χ0v) is 20.0. The topological polar surface area (TPSA) is 65.0 Å². The van der Waals surface area contributed by atoms with E-state index in [2.05, 4.69) is 77.5 Å². The van der Waals surface area contributed by atoms with Crippen LogP contribution in [0.5, 0.6) is 5.75 Å². The highest BCUT2D eigenvalue weighted by Crippen LogP contribution is 2.22. The van der Waals surface area contributed by atoms with E-state index in [-0.39, 0.29) is 0 Å². The van der Waals surface area contributed by atoms with Gasteiger partial charge in [0.1, 0.15) is 11.6 Å². The first-order valence-corrected chi connectivity index (χ1v) is 11.7. The smallest absolute Gasteiger partial charge is 0.191 e. The first-order chi connectivity index (χ1) is 15.6. The van der Waals surface area contributed by atoms with Crippen molar-refractivity contribution in [3.63, 3.8) is 0 Å². The van der Waals surface area contributed by atoms with Gasteiger partial charge in [-0.25, -0.2) is 9.98 Å². The standard InChI is InChI=1S/C25H38N6O/c1-5-16-32-23-17-20(3)9-10-21(23)18-28-25(26-6-2)29-19-22-8-7-11-27-24(22)31-14-12-30(4)13-15-31/h7-11,17H,5-6,12-16,18-19H2,1-4H3,(H2,26,28,29). The Morgan fingerprint density at radius 3 is 2.66 bits per heavy atom. The molecule has 0 radical (unpaired) electrons. The number of benzene rings is 1. The van der Waals surface area contributed by atoms with Gasteiger partial charge in [-0.2, -0.15) is 0 Å². The van der Waals surface area contributed by atoms with Crippen LogP contribution in [0.4, 0.5) is 5.82 Å². The molecule has 2 aromatic rings. The Hall–Kier alpha value is -2.80.